The van der Waals surface area contributed by atoms with Crippen molar-refractivity contribution in [1.82, 2.24) is 0 Å². The zero-order valence-corrected chi connectivity index (χ0v) is 9.92. The standard InChI is InChI=1S/C14H18O/c1-9-13-11(8-14(9,3)4)6-5-7-12(13)10(2)15/h5-7,9H,8H2,1-4H3. The molecule has 0 fully saturated rings. The molecule has 1 aromatic carbocycles. The lowest BCUT2D eigenvalue weighted by Crippen LogP contribution is -2.15. The number of fused-ring (bicyclic) bond motifs is 1. The Balaban J connectivity index is 2.61. The number of benzene rings is 1. The average Bonchev–Trinajstić information content (AvgIpc) is 2.37. The van der Waals surface area contributed by atoms with Crippen LogP contribution in [0.1, 0.15) is 55.1 Å². The van der Waals surface area contributed by atoms with Gasteiger partial charge in [-0.1, -0.05) is 39.0 Å². The van der Waals surface area contributed by atoms with E-state index in [-0.39, 0.29) is 11.2 Å². The SMILES string of the molecule is CC(=O)c1cccc2c1C(C)C(C)(C)C2. The Morgan fingerprint density at radius 1 is 1.40 bits per heavy atom. The molecule has 0 aliphatic heterocycles. The molecule has 1 aliphatic carbocycles. The summed E-state index contributed by atoms with van der Waals surface area (Å²) < 4.78 is 0. The van der Waals surface area contributed by atoms with E-state index in [9.17, 15) is 4.79 Å². The van der Waals surface area contributed by atoms with Crippen molar-refractivity contribution in [1.29, 1.82) is 0 Å². The number of carbonyl (C=O) groups excluding carboxylic acids is 1. The maximum atomic E-state index is 11.6. The van der Waals surface area contributed by atoms with Crippen LogP contribution in [0.15, 0.2) is 18.2 Å². The lowest BCUT2D eigenvalue weighted by Gasteiger charge is -2.24. The molecule has 0 saturated heterocycles. The highest BCUT2D eigenvalue weighted by Gasteiger charge is 2.37. The van der Waals surface area contributed by atoms with Crippen molar-refractivity contribution in [2.45, 2.75) is 40.0 Å². The molecule has 0 N–H and O–H groups in total. The second-order valence-electron chi connectivity index (χ2n) is 5.32. The van der Waals surface area contributed by atoms with Crippen molar-refractivity contribution in [2.75, 3.05) is 0 Å². The molecule has 0 saturated carbocycles. The summed E-state index contributed by atoms with van der Waals surface area (Å²) in [6.45, 7) is 8.45. The topological polar surface area (TPSA) is 17.1 Å². The van der Waals surface area contributed by atoms with E-state index in [1.54, 1.807) is 6.92 Å². The lowest BCUT2D eigenvalue weighted by atomic mass is 9.80. The number of ketones is 1. The molecule has 1 atom stereocenters. The molecule has 80 valence electrons. The fourth-order valence-corrected chi connectivity index (χ4v) is 2.62. The molecule has 1 aromatic rings. The van der Waals surface area contributed by atoms with Crippen LogP contribution in [0.5, 0.6) is 0 Å². The van der Waals surface area contributed by atoms with Crippen LogP contribution in [0.4, 0.5) is 0 Å². The number of carbonyl (C=O) groups is 1. The van der Waals surface area contributed by atoms with Crippen molar-refractivity contribution in [3.05, 3.63) is 34.9 Å². The summed E-state index contributed by atoms with van der Waals surface area (Å²) in [5.41, 5.74) is 3.86. The second kappa shape index (κ2) is 3.19. The summed E-state index contributed by atoms with van der Waals surface area (Å²) in [6, 6.07) is 6.12. The molecule has 0 heterocycles. The van der Waals surface area contributed by atoms with E-state index >= 15 is 0 Å². The van der Waals surface area contributed by atoms with Crippen LogP contribution in [0.2, 0.25) is 0 Å². The third kappa shape index (κ3) is 1.50. The zero-order chi connectivity index (χ0) is 11.2. The van der Waals surface area contributed by atoms with E-state index in [4.69, 9.17) is 0 Å². The van der Waals surface area contributed by atoms with Crippen molar-refractivity contribution in [2.24, 2.45) is 5.41 Å². The monoisotopic (exact) mass is 202 g/mol. The van der Waals surface area contributed by atoms with Gasteiger partial charge < -0.3 is 0 Å². The van der Waals surface area contributed by atoms with Crippen molar-refractivity contribution < 1.29 is 4.79 Å². The fourth-order valence-electron chi connectivity index (χ4n) is 2.62. The number of Topliss-reactive ketones (excluding diaryl/α,β-unsaturated/α-hetero) is 1. The number of hydrogen-bond acceptors (Lipinski definition) is 1. The zero-order valence-electron chi connectivity index (χ0n) is 9.92. The molecular weight excluding hydrogens is 184 g/mol. The maximum absolute atomic E-state index is 11.6. The number of hydrogen-bond donors (Lipinski definition) is 0. The highest BCUT2D eigenvalue weighted by Crippen LogP contribution is 2.47. The van der Waals surface area contributed by atoms with Gasteiger partial charge >= 0.3 is 0 Å². The summed E-state index contributed by atoms with van der Waals surface area (Å²) in [5.74, 6) is 0.670. The number of rotatable bonds is 1. The van der Waals surface area contributed by atoms with Gasteiger partial charge in [0.25, 0.3) is 0 Å². The molecule has 1 nitrogen and oxygen atoms in total. The Morgan fingerprint density at radius 2 is 2.07 bits per heavy atom. The molecule has 1 unspecified atom stereocenters. The Morgan fingerprint density at radius 3 is 2.67 bits per heavy atom. The third-order valence-corrected chi connectivity index (χ3v) is 3.83. The molecule has 0 amide bonds. The van der Waals surface area contributed by atoms with Gasteiger partial charge in [-0.25, -0.2) is 0 Å². The van der Waals surface area contributed by atoms with Crippen LogP contribution in [0.25, 0.3) is 0 Å². The first-order chi connectivity index (χ1) is 6.93. The van der Waals surface area contributed by atoms with E-state index in [1.165, 1.54) is 11.1 Å². The molecule has 0 aromatic heterocycles. The quantitative estimate of drug-likeness (QED) is 0.636. The Kier molecular flexibility index (Phi) is 2.22. The van der Waals surface area contributed by atoms with Gasteiger partial charge in [0.15, 0.2) is 5.78 Å². The first-order valence-electron chi connectivity index (χ1n) is 5.56. The Hall–Kier alpha value is -1.11. The summed E-state index contributed by atoms with van der Waals surface area (Å²) >= 11 is 0. The molecule has 1 aliphatic rings. The van der Waals surface area contributed by atoms with Gasteiger partial charge in [0.1, 0.15) is 0 Å². The Labute approximate surface area is 91.5 Å². The normalized spacial score (nSPS) is 22.5. The molecule has 2 rings (SSSR count). The minimum absolute atomic E-state index is 0.191. The summed E-state index contributed by atoms with van der Waals surface area (Å²) in [7, 11) is 0. The molecule has 0 bridgehead atoms. The molecule has 1 heteroatoms. The minimum Gasteiger partial charge on any atom is -0.295 e. The highest BCUT2D eigenvalue weighted by atomic mass is 16.1. The van der Waals surface area contributed by atoms with E-state index in [0.717, 1.165) is 12.0 Å². The van der Waals surface area contributed by atoms with Gasteiger partial charge in [-0.2, -0.15) is 0 Å². The molecular formula is C14H18O. The smallest absolute Gasteiger partial charge is 0.160 e. The molecule has 0 radical (unpaired) electrons. The van der Waals surface area contributed by atoms with Crippen LogP contribution in [0.3, 0.4) is 0 Å². The largest absolute Gasteiger partial charge is 0.295 e. The van der Waals surface area contributed by atoms with Gasteiger partial charge in [0.05, 0.1) is 0 Å². The summed E-state index contributed by atoms with van der Waals surface area (Å²) in [4.78, 5) is 11.6. The van der Waals surface area contributed by atoms with Crippen molar-refractivity contribution in [3.63, 3.8) is 0 Å². The average molecular weight is 202 g/mol. The van der Waals surface area contributed by atoms with Crippen molar-refractivity contribution in [3.8, 4) is 0 Å². The predicted octanol–water partition coefficient (Wildman–Crippen LogP) is 3.58. The second-order valence-corrected chi connectivity index (χ2v) is 5.32. The fraction of sp³-hybridized carbons (Fsp3) is 0.500. The lowest BCUT2D eigenvalue weighted by molar-refractivity contribution is 0.101. The summed E-state index contributed by atoms with van der Waals surface area (Å²) in [6.07, 6.45) is 1.09. The van der Waals surface area contributed by atoms with Gasteiger partial charge in [-0.05, 0) is 35.8 Å². The molecule has 0 spiro atoms. The van der Waals surface area contributed by atoms with Crippen molar-refractivity contribution >= 4 is 5.78 Å². The first-order valence-corrected chi connectivity index (χ1v) is 5.56. The van der Waals surface area contributed by atoms with E-state index in [0.29, 0.717) is 5.92 Å². The van der Waals surface area contributed by atoms with Crippen LogP contribution in [0, 0.1) is 5.41 Å². The van der Waals surface area contributed by atoms with Crippen LogP contribution in [-0.2, 0) is 6.42 Å². The van der Waals surface area contributed by atoms with Gasteiger partial charge in [-0.3, -0.25) is 4.79 Å². The minimum atomic E-state index is 0.191. The molecule has 15 heavy (non-hydrogen) atoms. The van der Waals surface area contributed by atoms with E-state index in [1.807, 2.05) is 12.1 Å². The van der Waals surface area contributed by atoms with Gasteiger partial charge in [0.2, 0.25) is 0 Å². The van der Waals surface area contributed by atoms with Crippen LogP contribution >= 0.6 is 0 Å². The van der Waals surface area contributed by atoms with Crippen LogP contribution < -0.4 is 0 Å². The summed E-state index contributed by atoms with van der Waals surface area (Å²) in [5, 5.41) is 0. The van der Waals surface area contributed by atoms with E-state index < -0.39 is 0 Å². The van der Waals surface area contributed by atoms with Crippen LogP contribution in [-0.4, -0.2) is 5.78 Å². The Bertz CT molecular complexity index is 415. The van der Waals surface area contributed by atoms with Gasteiger partial charge in [0, 0.05) is 5.56 Å². The third-order valence-electron chi connectivity index (χ3n) is 3.83. The van der Waals surface area contributed by atoms with E-state index in [2.05, 4.69) is 26.8 Å². The van der Waals surface area contributed by atoms with Gasteiger partial charge in [-0.15, -0.1) is 0 Å². The predicted molar refractivity (Wildman–Crippen MR) is 62.3 cm³/mol. The highest BCUT2D eigenvalue weighted by molar-refractivity contribution is 5.96. The first kappa shape index (κ1) is 10.4. The maximum Gasteiger partial charge on any atom is 0.160 e.